The molecular formula is C28H33F3N2O4. The van der Waals surface area contributed by atoms with Gasteiger partial charge in [-0.3, -0.25) is 4.90 Å². The molecule has 6 nitrogen and oxygen atoms in total. The lowest BCUT2D eigenvalue weighted by atomic mass is 9.81. The van der Waals surface area contributed by atoms with Gasteiger partial charge in [0.1, 0.15) is 12.7 Å². The molecule has 2 aliphatic rings. The van der Waals surface area contributed by atoms with Crippen molar-refractivity contribution in [2.75, 3.05) is 13.1 Å². The molecule has 0 atom stereocenters. The van der Waals surface area contributed by atoms with Gasteiger partial charge in [0.05, 0.1) is 11.3 Å². The van der Waals surface area contributed by atoms with Crippen molar-refractivity contribution < 1.29 is 32.6 Å². The van der Waals surface area contributed by atoms with Gasteiger partial charge in [-0.15, -0.1) is 0 Å². The van der Waals surface area contributed by atoms with E-state index >= 15 is 0 Å². The van der Waals surface area contributed by atoms with E-state index in [4.69, 9.17) is 14.7 Å². The van der Waals surface area contributed by atoms with Gasteiger partial charge in [0, 0.05) is 19.6 Å². The average Bonchev–Trinajstić information content (AvgIpc) is 2.83. The van der Waals surface area contributed by atoms with Crippen LogP contribution in [0.4, 0.5) is 18.0 Å². The number of rotatable bonds is 8. The lowest BCUT2D eigenvalue weighted by molar-refractivity contribution is -0.138. The molecule has 1 heterocycles. The number of carbonyl (C=O) groups is 1. The summed E-state index contributed by atoms with van der Waals surface area (Å²) in [6.45, 7) is 5.57. The van der Waals surface area contributed by atoms with Crippen LogP contribution in [0.1, 0.15) is 78.3 Å². The number of alkyl halides is 3. The van der Waals surface area contributed by atoms with Crippen molar-refractivity contribution in [3.63, 3.8) is 0 Å². The van der Waals surface area contributed by atoms with Crippen molar-refractivity contribution in [1.29, 1.82) is 0 Å². The maximum absolute atomic E-state index is 13.8. The number of ether oxygens (including phenoxy) is 1. The van der Waals surface area contributed by atoms with E-state index in [0.717, 1.165) is 48.8 Å². The minimum atomic E-state index is -4.40. The Balaban J connectivity index is 1.36. The highest BCUT2D eigenvalue weighted by molar-refractivity contribution is 5.98. The monoisotopic (exact) mass is 518 g/mol. The van der Waals surface area contributed by atoms with Crippen LogP contribution in [0.25, 0.3) is 0 Å². The SMILES string of the molecule is CC(=NOCc1ccc(C2CCCCC2)c(C(F)(F)F)c1)c1ccc(CN2CC(OC(=O)O)C2)c(C)c1. The van der Waals surface area contributed by atoms with Gasteiger partial charge in [0.25, 0.3) is 0 Å². The summed E-state index contributed by atoms with van der Waals surface area (Å²) in [7, 11) is 0. The molecule has 1 saturated carbocycles. The van der Waals surface area contributed by atoms with Gasteiger partial charge in [-0.05, 0) is 72.6 Å². The molecule has 37 heavy (non-hydrogen) atoms. The number of hydrogen-bond acceptors (Lipinski definition) is 5. The summed E-state index contributed by atoms with van der Waals surface area (Å²) in [5, 5.41) is 12.8. The van der Waals surface area contributed by atoms with Crippen LogP contribution in [0, 0.1) is 6.92 Å². The molecule has 4 rings (SSSR count). The second-order valence-electron chi connectivity index (χ2n) is 10.0. The van der Waals surface area contributed by atoms with Crippen molar-refractivity contribution in [3.05, 3.63) is 69.8 Å². The summed E-state index contributed by atoms with van der Waals surface area (Å²) in [5.41, 5.74) is 3.94. The second kappa shape index (κ2) is 11.5. The van der Waals surface area contributed by atoms with E-state index in [0.29, 0.717) is 36.5 Å². The Hall–Kier alpha value is -3.07. The molecule has 2 fully saturated rings. The number of likely N-dealkylation sites (tertiary alicyclic amines) is 1. The molecule has 0 bridgehead atoms. The van der Waals surface area contributed by atoms with E-state index in [2.05, 4.69) is 10.1 Å². The van der Waals surface area contributed by atoms with Gasteiger partial charge in [0.15, 0.2) is 0 Å². The molecule has 2 aromatic rings. The molecule has 0 radical (unpaired) electrons. The third-order valence-corrected chi connectivity index (χ3v) is 7.25. The summed E-state index contributed by atoms with van der Waals surface area (Å²) in [6, 6.07) is 10.4. The lowest BCUT2D eigenvalue weighted by Gasteiger charge is -2.37. The van der Waals surface area contributed by atoms with Gasteiger partial charge in [-0.25, -0.2) is 4.79 Å². The zero-order valence-electron chi connectivity index (χ0n) is 21.2. The van der Waals surface area contributed by atoms with Crippen molar-refractivity contribution in [1.82, 2.24) is 4.90 Å². The lowest BCUT2D eigenvalue weighted by Crippen LogP contribution is -2.52. The number of nitrogens with zero attached hydrogens (tertiary/aromatic N) is 2. The standard InChI is InChI=1S/C28H33F3N2O4/c1-18-12-22(9-10-23(18)14-33-15-24(16-33)37-27(34)35)19(2)32-36-17-20-8-11-25(21-6-4-3-5-7-21)26(13-20)28(29,30)31/h8-13,21,24H,3-7,14-17H2,1-2H3,(H,34,35). The molecule has 9 heteroatoms. The van der Waals surface area contributed by atoms with E-state index in [1.54, 1.807) is 19.1 Å². The predicted octanol–water partition coefficient (Wildman–Crippen LogP) is 6.88. The Kier molecular flexibility index (Phi) is 8.42. The zero-order valence-corrected chi connectivity index (χ0v) is 21.2. The fourth-order valence-electron chi connectivity index (χ4n) is 5.17. The van der Waals surface area contributed by atoms with E-state index in [1.165, 1.54) is 6.07 Å². The highest BCUT2D eigenvalue weighted by atomic mass is 19.4. The van der Waals surface area contributed by atoms with Gasteiger partial charge >= 0.3 is 12.3 Å². The predicted molar refractivity (Wildman–Crippen MR) is 134 cm³/mol. The summed E-state index contributed by atoms with van der Waals surface area (Å²) in [6.07, 6.45) is -1.29. The Labute approximate surface area is 215 Å². The van der Waals surface area contributed by atoms with Crippen molar-refractivity contribution in [2.45, 2.75) is 77.3 Å². The molecule has 0 amide bonds. The summed E-state index contributed by atoms with van der Waals surface area (Å²) >= 11 is 0. The minimum absolute atomic E-state index is 0.0348. The van der Waals surface area contributed by atoms with Gasteiger partial charge in [-0.1, -0.05) is 48.7 Å². The molecule has 0 spiro atoms. The number of benzene rings is 2. The van der Waals surface area contributed by atoms with E-state index in [9.17, 15) is 18.0 Å². The normalized spacial score (nSPS) is 17.9. The first-order chi connectivity index (χ1) is 17.6. The van der Waals surface area contributed by atoms with Gasteiger partial charge in [0.2, 0.25) is 0 Å². The van der Waals surface area contributed by atoms with Gasteiger partial charge < -0.3 is 14.7 Å². The molecule has 0 aromatic heterocycles. The molecule has 0 unspecified atom stereocenters. The molecular weight excluding hydrogens is 485 g/mol. The van der Waals surface area contributed by atoms with Crippen LogP contribution in [-0.2, 0) is 28.9 Å². The molecule has 200 valence electrons. The largest absolute Gasteiger partial charge is 0.506 e. The summed E-state index contributed by atoms with van der Waals surface area (Å²) in [4.78, 5) is 18.1. The first kappa shape index (κ1) is 27.0. The number of carboxylic acid groups (broad SMARTS) is 1. The van der Waals surface area contributed by atoms with Crippen LogP contribution < -0.4 is 0 Å². The van der Waals surface area contributed by atoms with Crippen LogP contribution in [0.2, 0.25) is 0 Å². The van der Waals surface area contributed by atoms with E-state index in [-0.39, 0.29) is 18.6 Å². The fourth-order valence-corrected chi connectivity index (χ4v) is 5.17. The maximum Gasteiger partial charge on any atom is 0.506 e. The number of hydrogen-bond donors (Lipinski definition) is 1. The summed E-state index contributed by atoms with van der Waals surface area (Å²) < 4.78 is 46.1. The Morgan fingerprint density at radius 1 is 1.11 bits per heavy atom. The second-order valence-corrected chi connectivity index (χ2v) is 10.0. The molecule has 2 aromatic carbocycles. The van der Waals surface area contributed by atoms with Crippen molar-refractivity contribution in [3.8, 4) is 0 Å². The van der Waals surface area contributed by atoms with Crippen LogP contribution >= 0.6 is 0 Å². The first-order valence-corrected chi connectivity index (χ1v) is 12.7. The Morgan fingerprint density at radius 2 is 1.84 bits per heavy atom. The number of halogens is 3. The van der Waals surface area contributed by atoms with E-state index in [1.807, 2.05) is 25.1 Å². The smallest absolute Gasteiger partial charge is 0.450 e. The molecule has 1 saturated heterocycles. The summed E-state index contributed by atoms with van der Waals surface area (Å²) in [5.74, 6) is -0.0348. The van der Waals surface area contributed by atoms with Crippen LogP contribution in [-0.4, -0.2) is 41.1 Å². The van der Waals surface area contributed by atoms with Crippen LogP contribution in [0.15, 0.2) is 41.6 Å². The molecule has 1 aliphatic heterocycles. The van der Waals surface area contributed by atoms with Crippen LogP contribution in [0.5, 0.6) is 0 Å². The third kappa shape index (κ3) is 7.03. The Bertz CT molecular complexity index is 1140. The Morgan fingerprint density at radius 3 is 2.49 bits per heavy atom. The average molecular weight is 519 g/mol. The van der Waals surface area contributed by atoms with Crippen LogP contribution in [0.3, 0.4) is 0 Å². The fraction of sp³-hybridized carbons (Fsp3) is 0.500. The molecule has 1 N–H and O–H groups in total. The number of oxime groups is 1. The highest BCUT2D eigenvalue weighted by Gasteiger charge is 2.36. The van der Waals surface area contributed by atoms with Crippen molar-refractivity contribution >= 4 is 11.9 Å². The number of aryl methyl sites for hydroxylation is 1. The maximum atomic E-state index is 13.8. The van der Waals surface area contributed by atoms with Crippen molar-refractivity contribution in [2.24, 2.45) is 5.16 Å². The van der Waals surface area contributed by atoms with Gasteiger partial charge in [-0.2, -0.15) is 13.2 Å². The van der Waals surface area contributed by atoms with E-state index < -0.39 is 17.9 Å². The topological polar surface area (TPSA) is 71.4 Å². The quantitative estimate of drug-likeness (QED) is 0.234. The molecule has 1 aliphatic carbocycles. The third-order valence-electron chi connectivity index (χ3n) is 7.25. The highest BCUT2D eigenvalue weighted by Crippen LogP contribution is 2.41. The first-order valence-electron chi connectivity index (χ1n) is 12.7. The zero-order chi connectivity index (χ0) is 26.6. The minimum Gasteiger partial charge on any atom is -0.450 e.